The Morgan fingerprint density at radius 1 is 1.52 bits per heavy atom. The van der Waals surface area contributed by atoms with Gasteiger partial charge in [0.1, 0.15) is 0 Å². The first-order chi connectivity index (χ1) is 12.1. The van der Waals surface area contributed by atoms with Gasteiger partial charge in [0.05, 0.1) is 23.7 Å². The summed E-state index contributed by atoms with van der Waals surface area (Å²) in [7, 11) is 0. The molecule has 130 valence electrons. The van der Waals surface area contributed by atoms with Gasteiger partial charge in [-0.3, -0.25) is 4.90 Å². The molecule has 1 fully saturated rings. The van der Waals surface area contributed by atoms with Crippen LogP contribution in [0.15, 0.2) is 30.6 Å². The van der Waals surface area contributed by atoms with E-state index >= 15 is 0 Å². The number of nitriles is 1. The topological polar surface area (TPSA) is 96.8 Å². The third kappa shape index (κ3) is 4.58. The van der Waals surface area contributed by atoms with Crippen molar-refractivity contribution in [2.24, 2.45) is 5.92 Å². The number of aromatic nitrogens is 2. The Bertz CT molecular complexity index is 778. The molecule has 3 N–H and O–H groups in total. The molecule has 0 unspecified atom stereocenters. The molecule has 7 heteroatoms. The molecule has 0 spiro atoms. The molecule has 2 aromatic rings. The third-order valence-corrected chi connectivity index (χ3v) is 4.48. The van der Waals surface area contributed by atoms with Crippen LogP contribution in [0.5, 0.6) is 0 Å². The number of hydrogen-bond acceptors (Lipinski definition) is 4. The minimum atomic E-state index is -0.239. The molecule has 25 heavy (non-hydrogen) atoms. The zero-order valence-corrected chi connectivity index (χ0v) is 14.2. The third-order valence-electron chi connectivity index (χ3n) is 4.48. The maximum atomic E-state index is 12.0. The molecule has 7 nitrogen and oxygen atoms in total. The quantitative estimate of drug-likeness (QED) is 0.779. The summed E-state index contributed by atoms with van der Waals surface area (Å²) < 4.78 is 0. The lowest BCUT2D eigenvalue weighted by atomic mass is 10.1. The van der Waals surface area contributed by atoms with Crippen molar-refractivity contribution in [3.05, 3.63) is 47.5 Å². The molecule has 2 amide bonds. The van der Waals surface area contributed by atoms with Gasteiger partial charge in [0.25, 0.3) is 0 Å². The lowest BCUT2D eigenvalue weighted by molar-refractivity contribution is 0.249. The average Bonchev–Trinajstić information content (AvgIpc) is 3.23. The van der Waals surface area contributed by atoms with E-state index in [-0.39, 0.29) is 6.03 Å². The second-order valence-electron chi connectivity index (χ2n) is 6.39. The van der Waals surface area contributed by atoms with Crippen molar-refractivity contribution >= 4 is 11.7 Å². The van der Waals surface area contributed by atoms with Crippen LogP contribution in [-0.4, -0.2) is 40.5 Å². The summed E-state index contributed by atoms with van der Waals surface area (Å²) in [4.78, 5) is 21.8. The van der Waals surface area contributed by atoms with Crippen LogP contribution in [-0.2, 0) is 6.54 Å². The van der Waals surface area contributed by atoms with Crippen LogP contribution in [0.25, 0.3) is 0 Å². The number of nitrogens with one attached hydrogen (secondary N) is 3. The summed E-state index contributed by atoms with van der Waals surface area (Å²) in [6, 6.07) is 8.70. The number of benzene rings is 1. The lowest BCUT2D eigenvalue weighted by Gasteiger charge is -2.16. The molecule has 2 heterocycles. The number of likely N-dealkylation sites (tertiary alicyclic amines) is 1. The molecule has 1 aliphatic rings. The summed E-state index contributed by atoms with van der Waals surface area (Å²) in [5.74, 6) is 0.440. The highest BCUT2D eigenvalue weighted by molar-refractivity contribution is 5.89. The minimum absolute atomic E-state index is 0.239. The van der Waals surface area contributed by atoms with Gasteiger partial charge >= 0.3 is 6.03 Å². The van der Waals surface area contributed by atoms with Crippen LogP contribution < -0.4 is 10.6 Å². The van der Waals surface area contributed by atoms with E-state index in [9.17, 15) is 4.79 Å². The Morgan fingerprint density at radius 3 is 3.16 bits per heavy atom. The van der Waals surface area contributed by atoms with Gasteiger partial charge < -0.3 is 15.6 Å². The average molecular weight is 338 g/mol. The van der Waals surface area contributed by atoms with E-state index in [0.717, 1.165) is 37.4 Å². The highest BCUT2D eigenvalue weighted by Gasteiger charge is 2.23. The van der Waals surface area contributed by atoms with Crippen molar-refractivity contribution in [1.29, 1.82) is 5.26 Å². The summed E-state index contributed by atoms with van der Waals surface area (Å²) >= 11 is 0. The molecular weight excluding hydrogens is 316 g/mol. The number of amides is 2. The molecule has 1 saturated heterocycles. The number of rotatable bonds is 5. The first kappa shape index (κ1) is 17.0. The van der Waals surface area contributed by atoms with Gasteiger partial charge in [-0.2, -0.15) is 5.26 Å². The number of imidazole rings is 1. The summed E-state index contributed by atoms with van der Waals surface area (Å²) in [6.07, 6.45) is 2.79. The summed E-state index contributed by atoms with van der Waals surface area (Å²) in [5.41, 5.74) is 3.35. The van der Waals surface area contributed by atoms with Crippen molar-refractivity contribution in [1.82, 2.24) is 20.2 Å². The van der Waals surface area contributed by atoms with E-state index in [0.29, 0.717) is 23.7 Å². The fourth-order valence-corrected chi connectivity index (χ4v) is 3.06. The Hall–Kier alpha value is -2.85. The molecule has 0 saturated carbocycles. The number of carbonyl (C=O) groups is 1. The van der Waals surface area contributed by atoms with Crippen molar-refractivity contribution in [2.75, 3.05) is 25.0 Å². The zero-order valence-electron chi connectivity index (χ0n) is 14.2. The summed E-state index contributed by atoms with van der Waals surface area (Å²) in [6.45, 7) is 5.49. The number of anilines is 1. The second kappa shape index (κ2) is 7.81. The molecular formula is C18H22N6O. The predicted octanol–water partition coefficient (Wildman–Crippen LogP) is 2.23. The van der Waals surface area contributed by atoms with Crippen LogP contribution in [0, 0.1) is 24.2 Å². The van der Waals surface area contributed by atoms with E-state index in [1.54, 1.807) is 30.6 Å². The van der Waals surface area contributed by atoms with Crippen molar-refractivity contribution in [2.45, 2.75) is 19.9 Å². The maximum absolute atomic E-state index is 12.0. The largest absolute Gasteiger partial charge is 0.348 e. The Kier molecular flexibility index (Phi) is 5.31. The molecule has 1 aliphatic heterocycles. The van der Waals surface area contributed by atoms with Gasteiger partial charge in [0, 0.05) is 31.0 Å². The minimum Gasteiger partial charge on any atom is -0.348 e. The van der Waals surface area contributed by atoms with Gasteiger partial charge in [-0.15, -0.1) is 0 Å². The van der Waals surface area contributed by atoms with Crippen LogP contribution in [0.4, 0.5) is 10.5 Å². The Morgan fingerprint density at radius 2 is 2.40 bits per heavy atom. The van der Waals surface area contributed by atoms with Gasteiger partial charge in [-0.05, 0) is 44.0 Å². The van der Waals surface area contributed by atoms with E-state index < -0.39 is 0 Å². The molecule has 1 aromatic carbocycles. The number of urea groups is 1. The van der Waals surface area contributed by atoms with Crippen molar-refractivity contribution in [3.63, 3.8) is 0 Å². The van der Waals surface area contributed by atoms with E-state index in [2.05, 4.69) is 31.6 Å². The van der Waals surface area contributed by atoms with Gasteiger partial charge in [0.15, 0.2) is 0 Å². The maximum Gasteiger partial charge on any atom is 0.319 e. The first-order valence-electron chi connectivity index (χ1n) is 8.40. The van der Waals surface area contributed by atoms with Crippen LogP contribution >= 0.6 is 0 Å². The molecule has 0 aliphatic carbocycles. The lowest BCUT2D eigenvalue weighted by Crippen LogP contribution is -2.34. The van der Waals surface area contributed by atoms with Gasteiger partial charge in [0.2, 0.25) is 0 Å². The second-order valence-corrected chi connectivity index (χ2v) is 6.39. The normalized spacial score (nSPS) is 17.2. The Labute approximate surface area is 147 Å². The molecule has 3 rings (SSSR count). The van der Waals surface area contributed by atoms with E-state index in [1.165, 1.54) is 0 Å². The SMILES string of the molecule is Cc1[nH]cnc1CN1CC[C@H](CNC(=O)Nc2cccc(C#N)c2)C1. The van der Waals surface area contributed by atoms with E-state index in [4.69, 9.17) is 5.26 Å². The number of hydrogen-bond donors (Lipinski definition) is 3. The predicted molar refractivity (Wildman–Crippen MR) is 94.9 cm³/mol. The molecule has 0 bridgehead atoms. The number of aryl methyl sites for hydroxylation is 1. The highest BCUT2D eigenvalue weighted by atomic mass is 16.2. The fraction of sp³-hybridized carbons (Fsp3) is 0.389. The first-order valence-corrected chi connectivity index (χ1v) is 8.40. The van der Waals surface area contributed by atoms with Gasteiger partial charge in [-0.25, -0.2) is 9.78 Å². The van der Waals surface area contributed by atoms with Crippen molar-refractivity contribution in [3.8, 4) is 6.07 Å². The van der Waals surface area contributed by atoms with Gasteiger partial charge in [-0.1, -0.05) is 6.07 Å². The smallest absolute Gasteiger partial charge is 0.319 e. The Balaban J connectivity index is 1.42. The van der Waals surface area contributed by atoms with Crippen LogP contribution in [0.3, 0.4) is 0 Å². The van der Waals surface area contributed by atoms with Crippen LogP contribution in [0.2, 0.25) is 0 Å². The molecule has 1 atom stereocenters. The molecule has 0 radical (unpaired) electrons. The zero-order chi connectivity index (χ0) is 17.6. The van der Waals surface area contributed by atoms with Crippen molar-refractivity contribution < 1.29 is 4.79 Å². The number of carbonyl (C=O) groups excluding carboxylic acids is 1. The summed E-state index contributed by atoms with van der Waals surface area (Å²) in [5, 5.41) is 14.6. The number of aromatic amines is 1. The van der Waals surface area contributed by atoms with Crippen LogP contribution in [0.1, 0.15) is 23.4 Å². The highest BCUT2D eigenvalue weighted by Crippen LogP contribution is 2.18. The standard InChI is InChI=1S/C18H22N6O/c1-13-17(22-12-21-13)11-24-6-5-15(10-24)9-20-18(25)23-16-4-2-3-14(7-16)8-19/h2-4,7,12,15H,5-6,9-11H2,1H3,(H,21,22)(H2,20,23,25)/t15-/m1/s1. The van der Waals surface area contributed by atoms with E-state index in [1.807, 2.05) is 6.92 Å². The monoisotopic (exact) mass is 338 g/mol. The number of H-pyrrole nitrogens is 1. The fourth-order valence-electron chi connectivity index (χ4n) is 3.06. The number of nitrogens with zero attached hydrogens (tertiary/aromatic N) is 3. The molecule has 1 aromatic heterocycles.